The number of carbonyl (C=O) groups excluding carboxylic acids is 2. The molecule has 0 spiro atoms. The molecule has 4 rings (SSSR count). The molecule has 2 amide bonds. The predicted octanol–water partition coefficient (Wildman–Crippen LogP) is 4.59. The van der Waals surface area contributed by atoms with Crippen molar-refractivity contribution in [3.05, 3.63) is 71.8 Å². The van der Waals surface area contributed by atoms with E-state index in [4.69, 9.17) is 9.47 Å². The Morgan fingerprint density at radius 2 is 1.58 bits per heavy atom. The first-order valence-corrected chi connectivity index (χ1v) is 11.3. The molecule has 1 unspecified atom stereocenters. The topological polar surface area (TPSA) is 67.9 Å². The van der Waals surface area contributed by atoms with Crippen LogP contribution in [0.15, 0.2) is 60.7 Å². The third-order valence-electron chi connectivity index (χ3n) is 6.40. The second kappa shape index (κ2) is 9.94. The molecule has 1 fully saturated rings. The monoisotopic (exact) mass is 446 g/mol. The number of amides is 2. The number of rotatable bonds is 6. The molecule has 1 heterocycles. The minimum absolute atomic E-state index is 0.0468. The molecule has 0 radical (unpaired) electrons. The summed E-state index contributed by atoms with van der Waals surface area (Å²) in [6, 6.07) is 19.5. The molecule has 1 aliphatic rings. The lowest BCUT2D eigenvalue weighted by Gasteiger charge is -2.32. The lowest BCUT2D eigenvalue weighted by atomic mass is 9.94. The van der Waals surface area contributed by atoms with Gasteiger partial charge in [0.05, 0.1) is 20.3 Å². The van der Waals surface area contributed by atoms with Crippen molar-refractivity contribution in [1.29, 1.82) is 0 Å². The van der Waals surface area contributed by atoms with E-state index in [9.17, 15) is 9.59 Å². The summed E-state index contributed by atoms with van der Waals surface area (Å²) in [6.45, 7) is 3.10. The van der Waals surface area contributed by atoms with Crippen LogP contribution in [0.3, 0.4) is 0 Å². The highest BCUT2D eigenvalue weighted by Gasteiger charge is 2.29. The van der Waals surface area contributed by atoms with E-state index in [1.165, 1.54) is 0 Å². The van der Waals surface area contributed by atoms with E-state index >= 15 is 0 Å². The fraction of sp³-hybridized carbons (Fsp3) is 0.333. The van der Waals surface area contributed by atoms with Crippen LogP contribution in [0.2, 0.25) is 0 Å². The molecule has 6 heteroatoms. The van der Waals surface area contributed by atoms with E-state index in [0.717, 1.165) is 16.3 Å². The first-order valence-electron chi connectivity index (χ1n) is 11.3. The van der Waals surface area contributed by atoms with Gasteiger partial charge in [-0.2, -0.15) is 0 Å². The molecule has 0 aliphatic carbocycles. The van der Waals surface area contributed by atoms with Gasteiger partial charge in [-0.05, 0) is 48.2 Å². The number of likely N-dealkylation sites (tertiary alicyclic amines) is 1. The number of hydrogen-bond acceptors (Lipinski definition) is 4. The summed E-state index contributed by atoms with van der Waals surface area (Å²) < 4.78 is 10.6. The normalized spacial score (nSPS) is 15.2. The van der Waals surface area contributed by atoms with Crippen LogP contribution in [0.4, 0.5) is 0 Å². The predicted molar refractivity (Wildman–Crippen MR) is 129 cm³/mol. The third kappa shape index (κ3) is 4.95. The molecular formula is C27H30N2O4. The summed E-state index contributed by atoms with van der Waals surface area (Å²) in [7, 11) is 3.12. The van der Waals surface area contributed by atoms with Gasteiger partial charge in [0.15, 0.2) is 0 Å². The molecule has 3 aromatic rings. The molecule has 1 N–H and O–H groups in total. The lowest BCUT2D eigenvalue weighted by molar-refractivity contribution is -0.126. The van der Waals surface area contributed by atoms with E-state index in [1.807, 2.05) is 25.1 Å². The van der Waals surface area contributed by atoms with Crippen molar-refractivity contribution in [3.63, 3.8) is 0 Å². The molecule has 6 nitrogen and oxygen atoms in total. The summed E-state index contributed by atoms with van der Waals surface area (Å²) >= 11 is 0. The van der Waals surface area contributed by atoms with Crippen LogP contribution in [0.5, 0.6) is 11.5 Å². The van der Waals surface area contributed by atoms with Crippen molar-refractivity contribution < 1.29 is 19.1 Å². The Balaban J connectivity index is 1.37. The summed E-state index contributed by atoms with van der Waals surface area (Å²) in [5, 5.41) is 5.51. The van der Waals surface area contributed by atoms with E-state index in [0.29, 0.717) is 43.0 Å². The molecule has 0 aromatic heterocycles. The maximum atomic E-state index is 13.0. The zero-order valence-electron chi connectivity index (χ0n) is 19.3. The number of fused-ring (bicyclic) bond motifs is 1. The highest BCUT2D eigenvalue weighted by Crippen LogP contribution is 2.27. The Labute approximate surface area is 194 Å². The van der Waals surface area contributed by atoms with E-state index < -0.39 is 0 Å². The Hall–Kier alpha value is -3.54. The Morgan fingerprint density at radius 1 is 0.939 bits per heavy atom. The molecule has 33 heavy (non-hydrogen) atoms. The minimum Gasteiger partial charge on any atom is -0.497 e. The summed E-state index contributed by atoms with van der Waals surface area (Å²) in [6.07, 6.45) is 1.28. The second-order valence-corrected chi connectivity index (χ2v) is 8.47. The van der Waals surface area contributed by atoms with Crippen LogP contribution in [-0.4, -0.2) is 44.0 Å². The number of nitrogens with zero attached hydrogens (tertiary/aromatic N) is 1. The fourth-order valence-electron chi connectivity index (χ4n) is 4.50. The van der Waals surface area contributed by atoms with Gasteiger partial charge in [0.2, 0.25) is 5.91 Å². The van der Waals surface area contributed by atoms with Crippen LogP contribution in [0.1, 0.15) is 41.7 Å². The van der Waals surface area contributed by atoms with Gasteiger partial charge in [0.1, 0.15) is 11.5 Å². The van der Waals surface area contributed by atoms with Crippen LogP contribution < -0.4 is 14.8 Å². The van der Waals surface area contributed by atoms with Crippen molar-refractivity contribution in [2.75, 3.05) is 27.3 Å². The van der Waals surface area contributed by atoms with Crippen LogP contribution in [0.25, 0.3) is 10.8 Å². The largest absolute Gasteiger partial charge is 0.497 e. The van der Waals surface area contributed by atoms with Crippen molar-refractivity contribution in [1.82, 2.24) is 10.2 Å². The first kappa shape index (κ1) is 22.6. The maximum absolute atomic E-state index is 13.0. The van der Waals surface area contributed by atoms with Gasteiger partial charge >= 0.3 is 0 Å². The smallest absolute Gasteiger partial charge is 0.254 e. The SMILES string of the molecule is COc1cc(OC)cc(C(=O)N2CCC(C(=O)NC(C)c3cccc4ccccc34)CC2)c1. The quantitative estimate of drug-likeness (QED) is 0.602. The first-order chi connectivity index (χ1) is 16.0. The van der Waals surface area contributed by atoms with Crippen molar-refractivity contribution in [2.24, 2.45) is 5.92 Å². The number of hydrogen-bond donors (Lipinski definition) is 1. The number of carbonyl (C=O) groups is 2. The van der Waals surface area contributed by atoms with Gasteiger partial charge in [-0.1, -0.05) is 42.5 Å². The van der Waals surface area contributed by atoms with Crippen LogP contribution in [-0.2, 0) is 4.79 Å². The molecule has 1 atom stereocenters. The molecule has 0 bridgehead atoms. The minimum atomic E-state index is -0.105. The standard InChI is InChI=1S/C27H30N2O4/c1-18(24-10-6-8-19-7-4-5-9-25(19)24)28-26(30)20-11-13-29(14-12-20)27(31)21-15-22(32-2)17-23(16-21)33-3/h4-10,15-18,20H,11-14H2,1-3H3,(H,28,30). The number of piperidine rings is 1. The Kier molecular flexibility index (Phi) is 6.82. The highest BCUT2D eigenvalue weighted by atomic mass is 16.5. The zero-order chi connectivity index (χ0) is 23.4. The second-order valence-electron chi connectivity index (χ2n) is 8.47. The summed E-state index contributed by atoms with van der Waals surface area (Å²) in [4.78, 5) is 27.8. The Bertz CT molecular complexity index is 1120. The van der Waals surface area contributed by atoms with Crippen LogP contribution in [0, 0.1) is 5.92 Å². The average molecular weight is 447 g/mol. The number of methoxy groups -OCH3 is 2. The number of nitrogens with one attached hydrogen (secondary N) is 1. The van der Waals surface area contributed by atoms with E-state index in [-0.39, 0.29) is 23.8 Å². The maximum Gasteiger partial charge on any atom is 0.254 e. The van der Waals surface area contributed by atoms with Crippen molar-refractivity contribution >= 4 is 22.6 Å². The molecule has 1 aliphatic heterocycles. The summed E-state index contributed by atoms with van der Waals surface area (Å²) in [5.41, 5.74) is 1.64. The zero-order valence-corrected chi connectivity index (χ0v) is 19.3. The average Bonchev–Trinajstić information content (AvgIpc) is 2.87. The number of ether oxygens (including phenoxy) is 2. The molecule has 1 saturated heterocycles. The van der Waals surface area contributed by atoms with Crippen molar-refractivity contribution in [3.8, 4) is 11.5 Å². The fourth-order valence-corrected chi connectivity index (χ4v) is 4.50. The Morgan fingerprint density at radius 3 is 2.24 bits per heavy atom. The van der Waals surface area contributed by atoms with E-state index in [1.54, 1.807) is 37.3 Å². The highest BCUT2D eigenvalue weighted by molar-refractivity contribution is 5.95. The number of benzene rings is 3. The van der Waals surface area contributed by atoms with E-state index in [2.05, 4.69) is 29.6 Å². The van der Waals surface area contributed by atoms with Gasteiger partial charge in [-0.15, -0.1) is 0 Å². The summed E-state index contributed by atoms with van der Waals surface area (Å²) in [5.74, 6) is 1.02. The molecular weight excluding hydrogens is 416 g/mol. The molecule has 0 saturated carbocycles. The van der Waals surface area contributed by atoms with Gasteiger partial charge in [0.25, 0.3) is 5.91 Å². The molecule has 172 valence electrons. The molecule has 3 aromatic carbocycles. The van der Waals surface area contributed by atoms with Crippen molar-refractivity contribution in [2.45, 2.75) is 25.8 Å². The lowest BCUT2D eigenvalue weighted by Crippen LogP contribution is -2.43. The van der Waals surface area contributed by atoms with Gasteiger partial charge < -0.3 is 19.7 Å². The van der Waals surface area contributed by atoms with Crippen LogP contribution >= 0.6 is 0 Å². The van der Waals surface area contributed by atoms with Gasteiger partial charge in [-0.25, -0.2) is 0 Å². The van der Waals surface area contributed by atoms with Gasteiger partial charge in [0, 0.05) is 30.6 Å². The third-order valence-corrected chi connectivity index (χ3v) is 6.40. The van der Waals surface area contributed by atoms with Gasteiger partial charge in [-0.3, -0.25) is 9.59 Å².